The Balaban J connectivity index is 1.53. The molecule has 4 rings (SSSR count). The van der Waals surface area contributed by atoms with E-state index in [1.54, 1.807) is 24.3 Å². The number of carbonyl (C=O) groups is 1. The maximum atomic E-state index is 12.8. The highest BCUT2D eigenvalue weighted by Gasteiger charge is 2.22. The normalized spacial score (nSPS) is 14.8. The number of esters is 1. The van der Waals surface area contributed by atoms with Crippen molar-refractivity contribution in [1.29, 1.82) is 0 Å². The van der Waals surface area contributed by atoms with Crippen molar-refractivity contribution in [2.24, 2.45) is 0 Å². The molecular formula is C21H18ClN3O5. The first-order valence-corrected chi connectivity index (χ1v) is 9.54. The van der Waals surface area contributed by atoms with E-state index in [1.807, 2.05) is 24.3 Å². The van der Waals surface area contributed by atoms with Crippen LogP contribution in [-0.2, 0) is 4.74 Å². The average molecular weight is 428 g/mol. The average Bonchev–Trinajstić information content (AvgIpc) is 2.79. The van der Waals surface area contributed by atoms with Gasteiger partial charge in [0.15, 0.2) is 11.5 Å². The number of rotatable bonds is 5. The predicted molar refractivity (Wildman–Crippen MR) is 111 cm³/mol. The Labute approximate surface area is 176 Å². The molecule has 3 aromatic rings. The minimum Gasteiger partial charge on any atom is -0.486 e. The molecule has 1 N–H and O–H groups in total. The lowest BCUT2D eigenvalue weighted by molar-refractivity contribution is 0.0600. The highest BCUT2D eigenvalue weighted by atomic mass is 35.5. The van der Waals surface area contributed by atoms with Gasteiger partial charge in [-0.25, -0.2) is 4.79 Å². The number of nitrogens with zero attached hydrogens (tertiary/aromatic N) is 2. The van der Waals surface area contributed by atoms with Crippen LogP contribution in [0.5, 0.6) is 11.5 Å². The number of aromatic nitrogens is 2. The summed E-state index contributed by atoms with van der Waals surface area (Å²) in [6.07, 6.45) is 1.16. The van der Waals surface area contributed by atoms with Crippen molar-refractivity contribution >= 4 is 23.3 Å². The van der Waals surface area contributed by atoms with Crippen LogP contribution in [0.3, 0.4) is 0 Å². The molecule has 1 aromatic heterocycles. The number of hydrogen-bond acceptors (Lipinski definition) is 7. The number of halogens is 1. The van der Waals surface area contributed by atoms with Gasteiger partial charge in [0, 0.05) is 0 Å². The van der Waals surface area contributed by atoms with Crippen LogP contribution < -0.4 is 20.3 Å². The van der Waals surface area contributed by atoms with E-state index < -0.39 is 11.5 Å². The molecule has 1 aliphatic heterocycles. The van der Waals surface area contributed by atoms with Gasteiger partial charge in [0.1, 0.15) is 17.7 Å². The van der Waals surface area contributed by atoms with Crippen LogP contribution in [0.25, 0.3) is 5.69 Å². The van der Waals surface area contributed by atoms with Gasteiger partial charge >= 0.3 is 5.97 Å². The lowest BCUT2D eigenvalue weighted by Crippen LogP contribution is -2.35. The number of anilines is 1. The number of methoxy groups -OCH3 is 1. The number of benzene rings is 2. The molecular weight excluding hydrogens is 410 g/mol. The van der Waals surface area contributed by atoms with Crippen molar-refractivity contribution < 1.29 is 19.0 Å². The molecule has 0 bridgehead atoms. The summed E-state index contributed by atoms with van der Waals surface area (Å²) in [5.41, 5.74) is 0.279. The molecule has 0 spiro atoms. The summed E-state index contributed by atoms with van der Waals surface area (Å²) in [4.78, 5) is 24.8. The molecule has 1 atom stereocenters. The minimum absolute atomic E-state index is 0.0539. The Morgan fingerprint density at radius 3 is 2.77 bits per heavy atom. The van der Waals surface area contributed by atoms with Gasteiger partial charge in [0.05, 0.1) is 36.8 Å². The van der Waals surface area contributed by atoms with E-state index in [0.29, 0.717) is 30.3 Å². The topological polar surface area (TPSA) is 91.7 Å². The summed E-state index contributed by atoms with van der Waals surface area (Å²) in [6.45, 7) is 0.719. The van der Waals surface area contributed by atoms with Crippen LogP contribution in [0.2, 0.25) is 5.02 Å². The molecule has 1 unspecified atom stereocenters. The zero-order valence-electron chi connectivity index (χ0n) is 16.0. The van der Waals surface area contributed by atoms with Crippen molar-refractivity contribution in [3.8, 4) is 17.2 Å². The van der Waals surface area contributed by atoms with Gasteiger partial charge in [-0.15, -0.1) is 0 Å². The Kier molecular flexibility index (Phi) is 5.58. The van der Waals surface area contributed by atoms with Crippen LogP contribution in [0.15, 0.2) is 59.5 Å². The van der Waals surface area contributed by atoms with E-state index in [2.05, 4.69) is 10.4 Å². The Hall–Kier alpha value is -3.52. The first-order chi connectivity index (χ1) is 14.6. The van der Waals surface area contributed by atoms with E-state index >= 15 is 0 Å². The van der Waals surface area contributed by atoms with Crippen LogP contribution in [-0.4, -0.2) is 42.1 Å². The highest BCUT2D eigenvalue weighted by Crippen LogP contribution is 2.31. The van der Waals surface area contributed by atoms with Gasteiger partial charge in [0.25, 0.3) is 5.56 Å². The molecule has 0 amide bonds. The van der Waals surface area contributed by atoms with Gasteiger partial charge < -0.3 is 19.5 Å². The van der Waals surface area contributed by atoms with Crippen LogP contribution >= 0.6 is 11.6 Å². The number of carbonyl (C=O) groups excluding carboxylic acids is 1. The predicted octanol–water partition coefficient (Wildman–Crippen LogP) is 2.92. The maximum absolute atomic E-state index is 12.8. The maximum Gasteiger partial charge on any atom is 0.340 e. The number of hydrogen-bond donors (Lipinski definition) is 1. The van der Waals surface area contributed by atoms with Crippen LogP contribution in [0.1, 0.15) is 10.4 Å². The second-order valence-corrected chi connectivity index (χ2v) is 6.85. The Morgan fingerprint density at radius 1 is 1.23 bits per heavy atom. The fourth-order valence-corrected chi connectivity index (χ4v) is 3.25. The van der Waals surface area contributed by atoms with Crippen LogP contribution in [0.4, 0.5) is 5.69 Å². The van der Waals surface area contributed by atoms with Crippen molar-refractivity contribution in [1.82, 2.24) is 9.78 Å². The minimum atomic E-state index is -0.577. The second-order valence-electron chi connectivity index (χ2n) is 6.48. The smallest absolute Gasteiger partial charge is 0.340 e. The monoisotopic (exact) mass is 427 g/mol. The standard InChI is InChI=1S/C21H18ClN3O5/c1-28-21(27)14-6-2-3-7-16(14)25-20(26)19(22)15(11-24-25)23-10-13-12-29-17-8-4-5-9-18(17)30-13/h2-9,11,13,23H,10,12H2,1H3. The van der Waals surface area contributed by atoms with Gasteiger partial charge in [-0.3, -0.25) is 4.79 Å². The fourth-order valence-electron chi connectivity index (χ4n) is 3.06. The van der Waals surface area contributed by atoms with Gasteiger partial charge in [0.2, 0.25) is 0 Å². The molecule has 0 saturated heterocycles. The van der Waals surface area contributed by atoms with Crippen molar-refractivity contribution in [3.05, 3.63) is 75.7 Å². The number of ether oxygens (including phenoxy) is 3. The Bertz CT molecular complexity index is 1150. The van der Waals surface area contributed by atoms with E-state index in [-0.39, 0.29) is 22.4 Å². The van der Waals surface area contributed by atoms with Gasteiger partial charge in [-0.2, -0.15) is 9.78 Å². The lowest BCUT2D eigenvalue weighted by Gasteiger charge is -2.26. The SMILES string of the molecule is COC(=O)c1ccccc1-n1ncc(NCC2COc3ccccc3O2)c(Cl)c1=O. The molecule has 2 heterocycles. The highest BCUT2D eigenvalue weighted by molar-refractivity contribution is 6.33. The molecule has 30 heavy (non-hydrogen) atoms. The molecule has 0 saturated carbocycles. The van der Waals surface area contributed by atoms with Crippen molar-refractivity contribution in [2.45, 2.75) is 6.10 Å². The number of nitrogens with one attached hydrogen (secondary N) is 1. The summed E-state index contributed by atoms with van der Waals surface area (Å²) < 4.78 is 17.4. The first kappa shape index (κ1) is 19.8. The van der Waals surface area contributed by atoms with Crippen molar-refractivity contribution in [2.75, 3.05) is 25.6 Å². The molecule has 0 radical (unpaired) electrons. The zero-order chi connectivity index (χ0) is 21.1. The lowest BCUT2D eigenvalue weighted by atomic mass is 10.2. The third-order valence-corrected chi connectivity index (χ3v) is 4.91. The number of para-hydroxylation sites is 3. The number of fused-ring (bicyclic) bond motifs is 1. The third-order valence-electron chi connectivity index (χ3n) is 4.54. The van der Waals surface area contributed by atoms with Crippen molar-refractivity contribution in [3.63, 3.8) is 0 Å². The Morgan fingerprint density at radius 2 is 1.97 bits per heavy atom. The van der Waals surface area contributed by atoms with E-state index in [1.165, 1.54) is 13.3 Å². The molecule has 0 aliphatic carbocycles. The molecule has 9 heteroatoms. The quantitative estimate of drug-likeness (QED) is 0.626. The van der Waals surface area contributed by atoms with E-state index in [9.17, 15) is 9.59 Å². The van der Waals surface area contributed by atoms with E-state index in [4.69, 9.17) is 25.8 Å². The molecule has 1 aliphatic rings. The molecule has 2 aromatic carbocycles. The summed E-state index contributed by atoms with van der Waals surface area (Å²) in [5, 5.41) is 7.19. The summed E-state index contributed by atoms with van der Waals surface area (Å²) in [5.74, 6) is 0.780. The summed E-state index contributed by atoms with van der Waals surface area (Å²) in [6, 6.07) is 13.9. The summed E-state index contributed by atoms with van der Waals surface area (Å²) >= 11 is 6.29. The largest absolute Gasteiger partial charge is 0.486 e. The molecule has 8 nitrogen and oxygen atoms in total. The molecule has 154 valence electrons. The molecule has 0 fully saturated rings. The zero-order valence-corrected chi connectivity index (χ0v) is 16.8. The van der Waals surface area contributed by atoms with Gasteiger partial charge in [-0.1, -0.05) is 35.9 Å². The van der Waals surface area contributed by atoms with Gasteiger partial charge in [-0.05, 0) is 24.3 Å². The third kappa shape index (κ3) is 3.81. The second kappa shape index (κ2) is 8.46. The fraction of sp³-hybridized carbons (Fsp3) is 0.190. The summed E-state index contributed by atoms with van der Waals surface area (Å²) in [7, 11) is 1.27. The van der Waals surface area contributed by atoms with Crippen LogP contribution in [0, 0.1) is 0 Å². The van der Waals surface area contributed by atoms with E-state index in [0.717, 1.165) is 4.68 Å². The first-order valence-electron chi connectivity index (χ1n) is 9.16.